The van der Waals surface area contributed by atoms with E-state index in [0.29, 0.717) is 30.2 Å². The Hall–Kier alpha value is -2.56. The maximum absolute atomic E-state index is 12.1. The molecule has 0 saturated carbocycles. The summed E-state index contributed by atoms with van der Waals surface area (Å²) in [6.45, 7) is 1.91. The first-order chi connectivity index (χ1) is 10.7. The number of anilines is 1. The van der Waals surface area contributed by atoms with Crippen molar-refractivity contribution in [1.29, 1.82) is 0 Å². The average Bonchev–Trinajstić information content (AvgIpc) is 2.54. The van der Waals surface area contributed by atoms with Crippen LogP contribution in [-0.4, -0.2) is 25.1 Å². The number of nitrogens with zero attached hydrogens (tertiary/aromatic N) is 1. The molecule has 0 atom stereocenters. The molecule has 1 N–H and O–H groups in total. The van der Waals surface area contributed by atoms with E-state index in [1.165, 1.54) is 0 Å². The molecule has 0 saturated heterocycles. The molecule has 5 heteroatoms. The summed E-state index contributed by atoms with van der Waals surface area (Å²) in [5, 5.41) is 2.82. The van der Waals surface area contributed by atoms with Gasteiger partial charge in [-0.3, -0.25) is 4.79 Å². The second-order valence-corrected chi connectivity index (χ2v) is 4.87. The third-order valence-electron chi connectivity index (χ3n) is 3.37. The van der Waals surface area contributed by atoms with Crippen LogP contribution in [0.1, 0.15) is 17.5 Å². The lowest BCUT2D eigenvalue weighted by atomic mass is 10.1. The van der Waals surface area contributed by atoms with Gasteiger partial charge in [-0.15, -0.1) is 0 Å². The molecule has 1 heterocycles. The molecular weight excluding hydrogens is 280 g/mol. The van der Waals surface area contributed by atoms with Crippen LogP contribution in [-0.2, 0) is 11.2 Å². The molecule has 0 aliphatic carbocycles. The molecule has 116 valence electrons. The van der Waals surface area contributed by atoms with Crippen molar-refractivity contribution in [1.82, 2.24) is 4.98 Å². The van der Waals surface area contributed by atoms with Crippen LogP contribution in [0.25, 0.3) is 0 Å². The molecule has 2 rings (SSSR count). The Kier molecular flexibility index (Phi) is 5.36. The van der Waals surface area contributed by atoms with Crippen molar-refractivity contribution in [3.8, 4) is 11.5 Å². The molecule has 1 aromatic heterocycles. The quantitative estimate of drug-likeness (QED) is 0.891. The smallest absolute Gasteiger partial charge is 0.225 e. The summed E-state index contributed by atoms with van der Waals surface area (Å²) in [7, 11) is 3.19. The van der Waals surface area contributed by atoms with Crippen molar-refractivity contribution >= 4 is 11.7 Å². The van der Waals surface area contributed by atoms with Gasteiger partial charge in [-0.1, -0.05) is 18.2 Å². The SMILES string of the molecule is COc1cccc(CCC(=O)Nc2ncccc2C)c1OC. The Labute approximate surface area is 130 Å². The number of hydrogen-bond donors (Lipinski definition) is 1. The fraction of sp³-hybridized carbons (Fsp3) is 0.294. The van der Waals surface area contributed by atoms with Gasteiger partial charge in [-0.2, -0.15) is 0 Å². The highest BCUT2D eigenvalue weighted by Gasteiger charge is 2.12. The lowest BCUT2D eigenvalue weighted by molar-refractivity contribution is -0.116. The van der Waals surface area contributed by atoms with Gasteiger partial charge in [0.25, 0.3) is 0 Å². The topological polar surface area (TPSA) is 60.5 Å². The maximum Gasteiger partial charge on any atom is 0.225 e. The summed E-state index contributed by atoms with van der Waals surface area (Å²) in [6.07, 6.45) is 2.57. The maximum atomic E-state index is 12.1. The number of aromatic nitrogens is 1. The van der Waals surface area contributed by atoms with E-state index < -0.39 is 0 Å². The van der Waals surface area contributed by atoms with Gasteiger partial charge in [0.1, 0.15) is 5.82 Å². The largest absolute Gasteiger partial charge is 0.493 e. The Bertz CT molecular complexity index is 656. The van der Waals surface area contributed by atoms with Crippen LogP contribution in [0.15, 0.2) is 36.5 Å². The van der Waals surface area contributed by atoms with E-state index in [9.17, 15) is 4.79 Å². The minimum atomic E-state index is -0.0772. The zero-order chi connectivity index (χ0) is 15.9. The van der Waals surface area contributed by atoms with Crippen molar-refractivity contribution in [2.24, 2.45) is 0 Å². The first-order valence-electron chi connectivity index (χ1n) is 7.07. The number of amides is 1. The summed E-state index contributed by atoms with van der Waals surface area (Å²) >= 11 is 0. The highest BCUT2D eigenvalue weighted by Crippen LogP contribution is 2.31. The zero-order valence-electron chi connectivity index (χ0n) is 13.1. The Morgan fingerprint density at radius 2 is 2.00 bits per heavy atom. The van der Waals surface area contributed by atoms with Gasteiger partial charge in [0.05, 0.1) is 14.2 Å². The van der Waals surface area contributed by atoms with Gasteiger partial charge in [0.15, 0.2) is 11.5 Å². The third kappa shape index (κ3) is 3.75. The number of methoxy groups -OCH3 is 2. The lowest BCUT2D eigenvalue weighted by Crippen LogP contribution is -2.14. The van der Waals surface area contributed by atoms with E-state index in [1.54, 1.807) is 20.4 Å². The molecule has 22 heavy (non-hydrogen) atoms. The second-order valence-electron chi connectivity index (χ2n) is 4.87. The van der Waals surface area contributed by atoms with Crippen LogP contribution >= 0.6 is 0 Å². The van der Waals surface area contributed by atoms with Crippen LogP contribution in [0.2, 0.25) is 0 Å². The molecule has 0 unspecified atom stereocenters. The summed E-state index contributed by atoms with van der Waals surface area (Å²) in [5.74, 6) is 1.87. The van der Waals surface area contributed by atoms with Gasteiger partial charge in [-0.05, 0) is 36.6 Å². The predicted octanol–water partition coefficient (Wildman–Crippen LogP) is 2.98. The molecular formula is C17H20N2O3. The van der Waals surface area contributed by atoms with Crippen molar-refractivity contribution in [3.63, 3.8) is 0 Å². The van der Waals surface area contributed by atoms with Gasteiger partial charge >= 0.3 is 0 Å². The van der Waals surface area contributed by atoms with Crippen LogP contribution < -0.4 is 14.8 Å². The summed E-state index contributed by atoms with van der Waals surface area (Å²) in [5.41, 5.74) is 1.88. The first kappa shape index (κ1) is 15.8. The Morgan fingerprint density at radius 3 is 2.68 bits per heavy atom. The normalized spacial score (nSPS) is 10.1. The molecule has 1 aromatic carbocycles. The molecule has 0 spiro atoms. The summed E-state index contributed by atoms with van der Waals surface area (Å²) in [4.78, 5) is 16.2. The monoisotopic (exact) mass is 300 g/mol. The van der Waals surface area contributed by atoms with Gasteiger partial charge in [0, 0.05) is 12.6 Å². The fourth-order valence-corrected chi connectivity index (χ4v) is 2.21. The van der Waals surface area contributed by atoms with Crippen LogP contribution in [0.3, 0.4) is 0 Å². The molecule has 5 nitrogen and oxygen atoms in total. The van der Waals surface area contributed by atoms with Crippen LogP contribution in [0, 0.1) is 6.92 Å². The molecule has 2 aromatic rings. The van der Waals surface area contributed by atoms with E-state index in [4.69, 9.17) is 9.47 Å². The van der Waals surface area contributed by atoms with Gasteiger partial charge in [0.2, 0.25) is 5.91 Å². The first-order valence-corrected chi connectivity index (χ1v) is 7.07. The Morgan fingerprint density at radius 1 is 1.18 bits per heavy atom. The Balaban J connectivity index is 2.01. The minimum Gasteiger partial charge on any atom is -0.493 e. The van der Waals surface area contributed by atoms with E-state index in [-0.39, 0.29) is 5.91 Å². The van der Waals surface area contributed by atoms with Crippen LogP contribution in [0.5, 0.6) is 11.5 Å². The number of rotatable bonds is 6. The number of benzene rings is 1. The van der Waals surface area contributed by atoms with Crippen molar-refractivity contribution in [2.75, 3.05) is 19.5 Å². The second kappa shape index (κ2) is 7.45. The van der Waals surface area contributed by atoms with E-state index in [1.807, 2.05) is 37.3 Å². The highest BCUT2D eigenvalue weighted by atomic mass is 16.5. The number of carbonyl (C=O) groups is 1. The minimum absolute atomic E-state index is 0.0772. The predicted molar refractivity (Wildman–Crippen MR) is 85.5 cm³/mol. The van der Waals surface area contributed by atoms with Gasteiger partial charge < -0.3 is 14.8 Å². The summed E-state index contributed by atoms with van der Waals surface area (Å²) in [6, 6.07) is 9.40. The third-order valence-corrected chi connectivity index (χ3v) is 3.37. The highest BCUT2D eigenvalue weighted by molar-refractivity contribution is 5.90. The van der Waals surface area contributed by atoms with Crippen molar-refractivity contribution in [2.45, 2.75) is 19.8 Å². The van der Waals surface area contributed by atoms with Gasteiger partial charge in [-0.25, -0.2) is 4.98 Å². The number of aryl methyl sites for hydroxylation is 2. The number of hydrogen-bond acceptors (Lipinski definition) is 4. The number of para-hydroxylation sites is 1. The lowest BCUT2D eigenvalue weighted by Gasteiger charge is -2.12. The number of pyridine rings is 1. The van der Waals surface area contributed by atoms with Crippen molar-refractivity contribution in [3.05, 3.63) is 47.7 Å². The van der Waals surface area contributed by atoms with E-state index >= 15 is 0 Å². The molecule has 0 fully saturated rings. The number of nitrogens with one attached hydrogen (secondary N) is 1. The molecule has 1 amide bonds. The van der Waals surface area contributed by atoms with E-state index in [0.717, 1.165) is 11.1 Å². The fourth-order valence-electron chi connectivity index (χ4n) is 2.21. The zero-order valence-corrected chi connectivity index (χ0v) is 13.1. The number of ether oxygens (including phenoxy) is 2. The van der Waals surface area contributed by atoms with Crippen molar-refractivity contribution < 1.29 is 14.3 Å². The molecule has 0 radical (unpaired) electrons. The standard InChI is InChI=1S/C17H20N2O3/c1-12-6-5-11-18-17(12)19-15(20)10-9-13-7-4-8-14(21-2)16(13)22-3/h4-8,11H,9-10H2,1-3H3,(H,18,19,20). The molecule has 0 bridgehead atoms. The molecule has 0 aliphatic rings. The number of carbonyl (C=O) groups excluding carboxylic acids is 1. The van der Waals surface area contributed by atoms with Crippen LogP contribution in [0.4, 0.5) is 5.82 Å². The molecule has 0 aliphatic heterocycles. The average molecular weight is 300 g/mol. The summed E-state index contributed by atoms with van der Waals surface area (Å²) < 4.78 is 10.6. The van der Waals surface area contributed by atoms with E-state index in [2.05, 4.69) is 10.3 Å².